The molecule has 18 heavy (non-hydrogen) atoms. The molecule has 0 bridgehead atoms. The van der Waals surface area contributed by atoms with Crippen LogP contribution in [0.2, 0.25) is 0 Å². The van der Waals surface area contributed by atoms with Crippen molar-refractivity contribution in [2.45, 2.75) is 18.2 Å². The number of hydrogen-bond acceptors (Lipinski definition) is 4. The highest BCUT2D eigenvalue weighted by Crippen LogP contribution is 2.18. The number of sulfonamides is 1. The fourth-order valence-electron chi connectivity index (χ4n) is 1.46. The largest absolute Gasteiger partial charge is 0.246 e. The summed E-state index contributed by atoms with van der Waals surface area (Å²) in [5, 5.41) is 8.89. The van der Waals surface area contributed by atoms with Gasteiger partial charge in [-0.1, -0.05) is 12.8 Å². The zero-order chi connectivity index (χ0) is 13.6. The Morgan fingerprint density at radius 3 is 2.83 bits per heavy atom. The van der Waals surface area contributed by atoms with E-state index < -0.39 is 10.0 Å². The molecule has 1 heterocycles. The van der Waals surface area contributed by atoms with E-state index >= 15 is 0 Å². The SMILES string of the molecule is C#CCN(CCC)S(=O)(=O)c1cccnc1C#N. The maximum atomic E-state index is 12.3. The molecule has 0 aromatic carbocycles. The first kappa shape index (κ1) is 14.2. The average molecular weight is 263 g/mol. The van der Waals surface area contributed by atoms with Crippen molar-refractivity contribution in [3.05, 3.63) is 24.0 Å². The quantitative estimate of drug-likeness (QED) is 0.742. The molecule has 0 N–H and O–H groups in total. The van der Waals surface area contributed by atoms with E-state index in [1.54, 1.807) is 6.07 Å². The van der Waals surface area contributed by atoms with Crippen molar-refractivity contribution in [3.63, 3.8) is 0 Å². The zero-order valence-corrected chi connectivity index (χ0v) is 10.8. The molecule has 0 fully saturated rings. The van der Waals surface area contributed by atoms with Crippen molar-refractivity contribution in [1.29, 1.82) is 5.26 Å². The van der Waals surface area contributed by atoms with Crippen molar-refractivity contribution in [3.8, 4) is 18.4 Å². The lowest BCUT2D eigenvalue weighted by Crippen LogP contribution is -2.32. The summed E-state index contributed by atoms with van der Waals surface area (Å²) in [6, 6.07) is 4.61. The number of terminal acetylenes is 1. The Balaban J connectivity index is 3.28. The normalized spacial score (nSPS) is 10.9. The Morgan fingerprint density at radius 1 is 1.56 bits per heavy atom. The molecule has 0 amide bonds. The smallest absolute Gasteiger partial charge is 0.244 e. The van der Waals surface area contributed by atoms with Gasteiger partial charge in [0.15, 0.2) is 5.69 Å². The van der Waals surface area contributed by atoms with Crippen LogP contribution in [0.4, 0.5) is 0 Å². The average Bonchev–Trinajstić information content (AvgIpc) is 2.38. The van der Waals surface area contributed by atoms with Crippen LogP contribution in [0, 0.1) is 23.7 Å². The van der Waals surface area contributed by atoms with Gasteiger partial charge in [0.25, 0.3) is 0 Å². The van der Waals surface area contributed by atoms with Crippen LogP contribution >= 0.6 is 0 Å². The maximum Gasteiger partial charge on any atom is 0.246 e. The summed E-state index contributed by atoms with van der Waals surface area (Å²) in [5.41, 5.74) is -0.115. The third-order valence-electron chi connectivity index (χ3n) is 2.24. The van der Waals surface area contributed by atoms with Gasteiger partial charge in [-0.15, -0.1) is 6.42 Å². The Hall–Kier alpha value is -1.89. The lowest BCUT2D eigenvalue weighted by atomic mass is 10.4. The second-order valence-electron chi connectivity index (χ2n) is 3.50. The predicted molar refractivity (Wildman–Crippen MR) is 66.8 cm³/mol. The molecule has 0 aliphatic rings. The molecule has 0 radical (unpaired) electrons. The standard InChI is InChI=1S/C12H13N3O2S/c1-3-8-15(9-4-2)18(16,17)12-6-5-7-14-11(12)10-13/h1,5-7H,4,8-9H2,2H3. The van der Waals surface area contributed by atoms with Crippen molar-refractivity contribution in [2.75, 3.05) is 13.1 Å². The summed E-state index contributed by atoms with van der Waals surface area (Å²) < 4.78 is 25.8. The summed E-state index contributed by atoms with van der Waals surface area (Å²) >= 11 is 0. The highest BCUT2D eigenvalue weighted by Gasteiger charge is 2.26. The first-order valence-corrected chi connectivity index (χ1v) is 6.80. The monoisotopic (exact) mass is 263 g/mol. The summed E-state index contributed by atoms with van der Waals surface area (Å²) in [6.07, 6.45) is 7.19. The number of nitrogens with zero attached hydrogens (tertiary/aromatic N) is 3. The minimum atomic E-state index is -3.76. The molecule has 0 saturated heterocycles. The Kier molecular flexibility index (Phi) is 4.85. The molecular formula is C12H13N3O2S. The zero-order valence-electron chi connectivity index (χ0n) is 10.00. The molecule has 0 spiro atoms. The van der Waals surface area contributed by atoms with E-state index in [0.29, 0.717) is 13.0 Å². The Labute approximate surface area is 107 Å². The molecule has 6 heteroatoms. The van der Waals surface area contributed by atoms with Crippen LogP contribution < -0.4 is 0 Å². The second kappa shape index (κ2) is 6.15. The van der Waals surface area contributed by atoms with Gasteiger partial charge in [-0.3, -0.25) is 0 Å². The van der Waals surface area contributed by atoms with Gasteiger partial charge < -0.3 is 0 Å². The molecule has 1 aromatic rings. The molecule has 0 aliphatic carbocycles. The van der Waals surface area contributed by atoms with Gasteiger partial charge in [0.05, 0.1) is 6.54 Å². The first-order chi connectivity index (χ1) is 8.57. The van der Waals surface area contributed by atoms with Crippen LogP contribution in [0.1, 0.15) is 19.0 Å². The molecule has 94 valence electrons. The first-order valence-electron chi connectivity index (χ1n) is 5.36. The van der Waals surface area contributed by atoms with Crippen molar-refractivity contribution >= 4 is 10.0 Å². The molecule has 0 atom stereocenters. The highest BCUT2D eigenvalue weighted by molar-refractivity contribution is 7.89. The lowest BCUT2D eigenvalue weighted by Gasteiger charge is -2.19. The number of hydrogen-bond donors (Lipinski definition) is 0. The summed E-state index contributed by atoms with van der Waals surface area (Å²) in [5.74, 6) is 2.31. The highest BCUT2D eigenvalue weighted by atomic mass is 32.2. The van der Waals surface area contributed by atoms with Gasteiger partial charge in [-0.2, -0.15) is 9.57 Å². The number of pyridine rings is 1. The van der Waals surface area contributed by atoms with E-state index in [1.807, 2.05) is 6.92 Å². The number of nitriles is 1. The van der Waals surface area contributed by atoms with Gasteiger partial charge in [-0.05, 0) is 18.6 Å². The summed E-state index contributed by atoms with van der Waals surface area (Å²) in [4.78, 5) is 3.65. The third kappa shape index (κ3) is 2.86. The summed E-state index contributed by atoms with van der Waals surface area (Å²) in [6.45, 7) is 2.15. The molecule has 0 unspecified atom stereocenters. The van der Waals surface area contributed by atoms with Crippen molar-refractivity contribution in [2.24, 2.45) is 0 Å². The minimum Gasteiger partial charge on any atom is -0.244 e. The second-order valence-corrected chi connectivity index (χ2v) is 5.41. The fourth-order valence-corrected chi connectivity index (χ4v) is 3.00. The Morgan fingerprint density at radius 2 is 2.28 bits per heavy atom. The van der Waals surface area contributed by atoms with E-state index in [1.165, 1.54) is 22.6 Å². The van der Waals surface area contributed by atoms with E-state index in [0.717, 1.165) is 0 Å². The van der Waals surface area contributed by atoms with E-state index in [2.05, 4.69) is 10.9 Å². The number of rotatable bonds is 5. The van der Waals surface area contributed by atoms with Gasteiger partial charge in [0.1, 0.15) is 11.0 Å². The molecule has 0 aliphatic heterocycles. The van der Waals surface area contributed by atoms with E-state index in [9.17, 15) is 8.42 Å². The molecule has 5 nitrogen and oxygen atoms in total. The third-order valence-corrected chi connectivity index (χ3v) is 4.11. The van der Waals surface area contributed by atoms with Crippen LogP contribution in [0.3, 0.4) is 0 Å². The molecule has 0 saturated carbocycles. The fraction of sp³-hybridized carbons (Fsp3) is 0.333. The summed E-state index contributed by atoms with van der Waals surface area (Å²) in [7, 11) is -3.76. The topological polar surface area (TPSA) is 74.1 Å². The van der Waals surface area contributed by atoms with Crippen LogP contribution in [0.5, 0.6) is 0 Å². The Bertz CT molecular complexity index is 596. The van der Waals surface area contributed by atoms with Crippen molar-refractivity contribution < 1.29 is 8.42 Å². The van der Waals surface area contributed by atoms with E-state index in [4.69, 9.17) is 11.7 Å². The van der Waals surface area contributed by atoms with E-state index in [-0.39, 0.29) is 17.1 Å². The van der Waals surface area contributed by atoms with Gasteiger partial charge >= 0.3 is 0 Å². The predicted octanol–water partition coefficient (Wildman–Crippen LogP) is 0.987. The maximum absolute atomic E-state index is 12.3. The minimum absolute atomic E-state index is 0.0179. The van der Waals surface area contributed by atoms with Crippen LogP contribution in [-0.2, 0) is 10.0 Å². The number of aromatic nitrogens is 1. The van der Waals surface area contributed by atoms with Gasteiger partial charge in [0.2, 0.25) is 10.0 Å². The van der Waals surface area contributed by atoms with Gasteiger partial charge in [-0.25, -0.2) is 13.4 Å². The van der Waals surface area contributed by atoms with Gasteiger partial charge in [0, 0.05) is 12.7 Å². The molecular weight excluding hydrogens is 250 g/mol. The van der Waals surface area contributed by atoms with Crippen LogP contribution in [-0.4, -0.2) is 30.8 Å². The van der Waals surface area contributed by atoms with Crippen molar-refractivity contribution in [1.82, 2.24) is 9.29 Å². The lowest BCUT2D eigenvalue weighted by molar-refractivity contribution is 0.445. The molecule has 1 aromatic heterocycles. The van der Waals surface area contributed by atoms with Crippen LogP contribution in [0.25, 0.3) is 0 Å². The van der Waals surface area contributed by atoms with Crippen LogP contribution in [0.15, 0.2) is 23.2 Å². The molecule has 1 rings (SSSR count).